The molecule has 2 atom stereocenters. The maximum atomic E-state index is 12.3. The lowest BCUT2D eigenvalue weighted by atomic mass is 9.84. The fourth-order valence-corrected chi connectivity index (χ4v) is 2.72. The van der Waals surface area contributed by atoms with Crippen molar-refractivity contribution < 1.29 is 9.59 Å². The predicted octanol–water partition coefficient (Wildman–Crippen LogP) is 1.90. The van der Waals surface area contributed by atoms with E-state index >= 15 is 0 Å². The van der Waals surface area contributed by atoms with Gasteiger partial charge in [-0.25, -0.2) is 0 Å². The van der Waals surface area contributed by atoms with Gasteiger partial charge in [0.25, 0.3) is 0 Å². The van der Waals surface area contributed by atoms with Crippen LogP contribution in [-0.4, -0.2) is 30.3 Å². The summed E-state index contributed by atoms with van der Waals surface area (Å²) in [7, 11) is 1.77. The third-order valence-electron chi connectivity index (χ3n) is 3.76. The molecule has 106 valence electrons. The van der Waals surface area contributed by atoms with Crippen molar-refractivity contribution >= 4 is 11.8 Å². The van der Waals surface area contributed by atoms with Gasteiger partial charge < -0.3 is 10.2 Å². The van der Waals surface area contributed by atoms with E-state index < -0.39 is 0 Å². The Kier molecular flexibility index (Phi) is 4.56. The number of likely N-dealkylation sites (tertiary alicyclic amines) is 1. The maximum Gasteiger partial charge on any atom is 0.225 e. The van der Waals surface area contributed by atoms with Gasteiger partial charge in [0, 0.05) is 20.0 Å². The Hall–Kier alpha value is -2.10. The first-order valence-electron chi connectivity index (χ1n) is 6.84. The lowest BCUT2D eigenvalue weighted by Crippen LogP contribution is -2.46. The number of nitrogens with zero attached hydrogens (tertiary/aromatic N) is 1. The fraction of sp³-hybridized carbons (Fsp3) is 0.375. The number of carbonyl (C=O) groups is 2. The Bertz CT molecular complexity index is 498. The summed E-state index contributed by atoms with van der Waals surface area (Å²) >= 11 is 0. The van der Waals surface area contributed by atoms with E-state index in [0.29, 0.717) is 19.4 Å². The first-order chi connectivity index (χ1) is 9.65. The third kappa shape index (κ3) is 2.90. The van der Waals surface area contributed by atoms with Gasteiger partial charge in [-0.05, 0) is 12.0 Å². The zero-order valence-electron chi connectivity index (χ0n) is 11.7. The summed E-state index contributed by atoms with van der Waals surface area (Å²) in [5, 5.41) is 2.84. The van der Waals surface area contributed by atoms with E-state index in [-0.39, 0.29) is 23.8 Å². The number of hydrogen-bond acceptors (Lipinski definition) is 2. The van der Waals surface area contributed by atoms with Crippen molar-refractivity contribution in [3.8, 4) is 0 Å². The summed E-state index contributed by atoms with van der Waals surface area (Å²) in [4.78, 5) is 25.9. The van der Waals surface area contributed by atoms with Gasteiger partial charge in [-0.3, -0.25) is 9.59 Å². The Morgan fingerprint density at radius 2 is 2.15 bits per heavy atom. The van der Waals surface area contributed by atoms with Gasteiger partial charge in [0.05, 0.1) is 12.0 Å². The molecule has 0 bridgehead atoms. The summed E-state index contributed by atoms with van der Waals surface area (Å²) < 4.78 is 0. The zero-order valence-corrected chi connectivity index (χ0v) is 11.7. The summed E-state index contributed by atoms with van der Waals surface area (Å²) in [5.74, 6) is -0.134. The van der Waals surface area contributed by atoms with Crippen LogP contribution in [0.15, 0.2) is 43.0 Å². The van der Waals surface area contributed by atoms with Gasteiger partial charge in [-0.15, -0.1) is 6.58 Å². The van der Waals surface area contributed by atoms with Gasteiger partial charge in [0.2, 0.25) is 11.8 Å². The molecule has 0 saturated carbocycles. The number of rotatable bonds is 4. The molecule has 4 nitrogen and oxygen atoms in total. The second-order valence-corrected chi connectivity index (χ2v) is 5.04. The van der Waals surface area contributed by atoms with E-state index in [1.165, 1.54) is 0 Å². The van der Waals surface area contributed by atoms with Crippen molar-refractivity contribution in [2.45, 2.75) is 18.9 Å². The molecule has 1 aliphatic rings. The van der Waals surface area contributed by atoms with Crippen LogP contribution < -0.4 is 5.32 Å². The quantitative estimate of drug-likeness (QED) is 0.851. The van der Waals surface area contributed by atoms with E-state index in [0.717, 1.165) is 5.56 Å². The molecule has 1 fully saturated rings. The lowest BCUT2D eigenvalue weighted by molar-refractivity contribution is -0.141. The molecule has 1 N–H and O–H groups in total. The maximum absolute atomic E-state index is 12.3. The van der Waals surface area contributed by atoms with Crippen LogP contribution in [0.3, 0.4) is 0 Å². The van der Waals surface area contributed by atoms with Crippen LogP contribution in [0.5, 0.6) is 0 Å². The molecule has 1 heterocycles. The molecular weight excluding hydrogens is 252 g/mol. The summed E-state index contributed by atoms with van der Waals surface area (Å²) in [6, 6.07) is 9.53. The zero-order chi connectivity index (χ0) is 14.5. The van der Waals surface area contributed by atoms with E-state index in [1.54, 1.807) is 18.0 Å². The van der Waals surface area contributed by atoms with Crippen molar-refractivity contribution in [1.29, 1.82) is 0 Å². The van der Waals surface area contributed by atoms with Crippen molar-refractivity contribution in [1.82, 2.24) is 10.2 Å². The van der Waals surface area contributed by atoms with Crippen molar-refractivity contribution in [2.24, 2.45) is 5.92 Å². The van der Waals surface area contributed by atoms with E-state index in [9.17, 15) is 9.59 Å². The molecule has 2 rings (SSSR count). The number of amides is 2. The Balaban J connectivity index is 2.26. The summed E-state index contributed by atoms with van der Waals surface area (Å²) in [6.07, 6.45) is 2.67. The highest BCUT2D eigenvalue weighted by Gasteiger charge is 2.38. The average molecular weight is 272 g/mol. The highest BCUT2D eigenvalue weighted by Crippen LogP contribution is 2.35. The topological polar surface area (TPSA) is 49.4 Å². The Morgan fingerprint density at radius 3 is 2.80 bits per heavy atom. The van der Waals surface area contributed by atoms with Crippen molar-refractivity contribution in [3.63, 3.8) is 0 Å². The third-order valence-corrected chi connectivity index (χ3v) is 3.76. The van der Waals surface area contributed by atoms with Gasteiger partial charge >= 0.3 is 0 Å². The highest BCUT2D eigenvalue weighted by atomic mass is 16.2. The van der Waals surface area contributed by atoms with Gasteiger partial charge in [0.1, 0.15) is 0 Å². The SMILES string of the molecule is C=CCNC(=O)[C@@H]1CCC(=O)N(C)[C@@H]1c1ccccc1. The van der Waals surface area contributed by atoms with Crippen LogP contribution in [0.25, 0.3) is 0 Å². The molecule has 1 saturated heterocycles. The Morgan fingerprint density at radius 1 is 1.45 bits per heavy atom. The molecule has 1 aromatic rings. The number of nitrogens with one attached hydrogen (secondary N) is 1. The van der Waals surface area contributed by atoms with Crippen molar-refractivity contribution in [3.05, 3.63) is 48.6 Å². The standard InChI is InChI=1S/C16H20N2O2/c1-3-11-17-16(20)13-9-10-14(19)18(2)15(13)12-7-5-4-6-8-12/h3-8,13,15H,1,9-11H2,2H3,(H,17,20)/t13-,15-/m1/s1. The second kappa shape index (κ2) is 6.37. The average Bonchev–Trinajstić information content (AvgIpc) is 2.48. The molecule has 0 aromatic heterocycles. The number of carbonyl (C=O) groups excluding carboxylic acids is 2. The minimum absolute atomic E-state index is 0.0156. The van der Waals surface area contributed by atoms with Crippen LogP contribution in [0, 0.1) is 5.92 Å². The minimum atomic E-state index is -0.208. The largest absolute Gasteiger partial charge is 0.352 e. The van der Waals surface area contributed by atoms with E-state index in [1.807, 2.05) is 30.3 Å². The molecule has 2 amide bonds. The molecule has 1 aromatic carbocycles. The van der Waals surface area contributed by atoms with E-state index in [2.05, 4.69) is 11.9 Å². The normalized spacial score (nSPS) is 22.4. The fourth-order valence-electron chi connectivity index (χ4n) is 2.72. The van der Waals surface area contributed by atoms with Gasteiger partial charge in [0.15, 0.2) is 0 Å². The van der Waals surface area contributed by atoms with Crippen molar-refractivity contribution in [2.75, 3.05) is 13.6 Å². The molecule has 20 heavy (non-hydrogen) atoms. The van der Waals surface area contributed by atoms with Gasteiger partial charge in [-0.2, -0.15) is 0 Å². The van der Waals surface area contributed by atoms with Crippen LogP contribution in [0.4, 0.5) is 0 Å². The molecule has 0 radical (unpaired) electrons. The minimum Gasteiger partial charge on any atom is -0.352 e. The first-order valence-corrected chi connectivity index (χ1v) is 6.84. The molecule has 1 aliphatic heterocycles. The molecular formula is C16H20N2O2. The molecule has 0 aliphatic carbocycles. The molecule has 4 heteroatoms. The van der Waals surface area contributed by atoms with Crippen LogP contribution in [0.2, 0.25) is 0 Å². The van der Waals surface area contributed by atoms with Gasteiger partial charge in [-0.1, -0.05) is 36.4 Å². The smallest absolute Gasteiger partial charge is 0.225 e. The monoisotopic (exact) mass is 272 g/mol. The molecule has 0 spiro atoms. The summed E-state index contributed by atoms with van der Waals surface area (Å²) in [6.45, 7) is 4.06. The number of hydrogen-bond donors (Lipinski definition) is 1. The predicted molar refractivity (Wildman–Crippen MR) is 77.9 cm³/mol. The second-order valence-electron chi connectivity index (χ2n) is 5.04. The van der Waals surface area contributed by atoms with Crippen LogP contribution >= 0.6 is 0 Å². The number of piperidine rings is 1. The lowest BCUT2D eigenvalue weighted by Gasteiger charge is -2.38. The Labute approximate surface area is 119 Å². The van der Waals surface area contributed by atoms with Crippen LogP contribution in [-0.2, 0) is 9.59 Å². The summed E-state index contributed by atoms with van der Waals surface area (Å²) in [5.41, 5.74) is 1.00. The van der Waals surface area contributed by atoms with E-state index in [4.69, 9.17) is 0 Å². The van der Waals surface area contributed by atoms with Crippen LogP contribution in [0.1, 0.15) is 24.4 Å². The molecule has 0 unspecified atom stereocenters. The first kappa shape index (κ1) is 14.3. The highest BCUT2D eigenvalue weighted by molar-refractivity contribution is 5.84. The number of benzene rings is 1.